The Morgan fingerprint density at radius 3 is 2.93 bits per heavy atom. The summed E-state index contributed by atoms with van der Waals surface area (Å²) in [5.41, 5.74) is 2.14. The number of fused-ring (bicyclic) bond motifs is 1. The molecule has 1 aromatic heterocycles. The van der Waals surface area contributed by atoms with Crippen molar-refractivity contribution in [2.75, 3.05) is 26.8 Å². The van der Waals surface area contributed by atoms with Gasteiger partial charge in [0, 0.05) is 29.7 Å². The first-order chi connectivity index (χ1) is 13.0. The predicted molar refractivity (Wildman–Crippen MR) is 107 cm³/mol. The first-order valence-corrected chi connectivity index (χ1v) is 9.85. The molecule has 1 N–H and O–H groups in total. The normalized spacial score (nSPS) is 14.3. The highest BCUT2D eigenvalue weighted by molar-refractivity contribution is 7.16. The summed E-state index contributed by atoms with van der Waals surface area (Å²) in [7, 11) is 2.06. The second kappa shape index (κ2) is 8.54. The van der Waals surface area contributed by atoms with Crippen LogP contribution in [0, 0.1) is 0 Å². The first-order valence-electron chi connectivity index (χ1n) is 9.04. The van der Waals surface area contributed by atoms with E-state index in [-0.39, 0.29) is 11.7 Å². The topological polar surface area (TPSA) is 71.4 Å². The molecule has 0 spiro atoms. The van der Waals surface area contributed by atoms with Crippen molar-refractivity contribution >= 4 is 28.5 Å². The number of thiophene rings is 1. The Morgan fingerprint density at radius 2 is 2.19 bits per heavy atom. The number of carbonyl (C=O) groups is 1. The molecule has 1 aliphatic heterocycles. The SMILES string of the molecule is CCOC(=O)c1c(/N=C/c2cccc(OCC)c2O)sc2c1CCN(C)C2. The minimum Gasteiger partial charge on any atom is -0.504 e. The van der Waals surface area contributed by atoms with Crippen LogP contribution in [0.5, 0.6) is 11.5 Å². The lowest BCUT2D eigenvalue weighted by molar-refractivity contribution is 0.0526. The molecule has 0 bridgehead atoms. The molecule has 7 heteroatoms. The largest absolute Gasteiger partial charge is 0.504 e. The first kappa shape index (κ1) is 19.4. The van der Waals surface area contributed by atoms with Crippen molar-refractivity contribution in [1.82, 2.24) is 4.90 Å². The number of rotatable bonds is 6. The number of ether oxygens (including phenoxy) is 2. The zero-order valence-corrected chi connectivity index (χ0v) is 16.6. The molecule has 0 amide bonds. The molecule has 2 aromatic rings. The van der Waals surface area contributed by atoms with E-state index in [0.29, 0.717) is 35.1 Å². The minimum atomic E-state index is -0.334. The maximum atomic E-state index is 12.5. The molecule has 0 unspecified atom stereocenters. The number of nitrogens with zero attached hydrogens (tertiary/aromatic N) is 2. The zero-order valence-electron chi connectivity index (χ0n) is 15.8. The second-order valence-electron chi connectivity index (χ2n) is 6.28. The van der Waals surface area contributed by atoms with E-state index in [2.05, 4.69) is 16.9 Å². The molecule has 1 aliphatic rings. The zero-order chi connectivity index (χ0) is 19.4. The number of carbonyl (C=O) groups excluding carboxylic acids is 1. The molecule has 2 heterocycles. The van der Waals surface area contributed by atoms with Crippen molar-refractivity contribution in [3.63, 3.8) is 0 Å². The van der Waals surface area contributed by atoms with Gasteiger partial charge in [0.25, 0.3) is 0 Å². The fourth-order valence-electron chi connectivity index (χ4n) is 3.07. The van der Waals surface area contributed by atoms with Gasteiger partial charge in [-0.1, -0.05) is 6.07 Å². The predicted octanol–water partition coefficient (Wildman–Crippen LogP) is 3.77. The van der Waals surface area contributed by atoms with Gasteiger partial charge in [0.05, 0.1) is 18.8 Å². The highest BCUT2D eigenvalue weighted by Gasteiger charge is 2.27. The van der Waals surface area contributed by atoms with E-state index < -0.39 is 0 Å². The molecular formula is C20H24N2O4S. The monoisotopic (exact) mass is 388 g/mol. The minimum absolute atomic E-state index is 0.0434. The third-order valence-electron chi connectivity index (χ3n) is 4.36. The Bertz CT molecular complexity index is 860. The second-order valence-corrected chi connectivity index (χ2v) is 7.36. The summed E-state index contributed by atoms with van der Waals surface area (Å²) in [4.78, 5) is 20.4. The molecule has 0 saturated heterocycles. The third kappa shape index (κ3) is 4.14. The Balaban J connectivity index is 1.98. The smallest absolute Gasteiger partial charge is 0.341 e. The number of hydrogen-bond donors (Lipinski definition) is 1. The fraction of sp³-hybridized carbons (Fsp3) is 0.400. The number of aliphatic imine (C=N–C) groups is 1. The van der Waals surface area contributed by atoms with Crippen LogP contribution < -0.4 is 4.74 Å². The van der Waals surface area contributed by atoms with Gasteiger partial charge in [-0.05, 0) is 45.0 Å². The van der Waals surface area contributed by atoms with Gasteiger partial charge in [0.15, 0.2) is 11.5 Å². The summed E-state index contributed by atoms with van der Waals surface area (Å²) in [6.45, 7) is 6.14. The number of esters is 1. The van der Waals surface area contributed by atoms with Crippen LogP contribution in [0.2, 0.25) is 0 Å². The fourth-order valence-corrected chi connectivity index (χ4v) is 4.32. The lowest BCUT2D eigenvalue weighted by Crippen LogP contribution is -2.26. The molecule has 27 heavy (non-hydrogen) atoms. The molecule has 0 radical (unpaired) electrons. The molecule has 0 atom stereocenters. The van der Waals surface area contributed by atoms with E-state index in [0.717, 1.165) is 30.0 Å². The average Bonchev–Trinajstić information content (AvgIpc) is 3.00. The van der Waals surface area contributed by atoms with Crippen molar-refractivity contribution in [3.8, 4) is 11.5 Å². The van der Waals surface area contributed by atoms with Crippen LogP contribution in [0.1, 0.15) is 40.2 Å². The molecule has 6 nitrogen and oxygen atoms in total. The number of aromatic hydroxyl groups is 1. The quantitative estimate of drug-likeness (QED) is 0.602. The van der Waals surface area contributed by atoms with Crippen LogP contribution in [0.25, 0.3) is 0 Å². The molecule has 3 rings (SSSR count). The molecular weight excluding hydrogens is 364 g/mol. The molecule has 144 valence electrons. The maximum Gasteiger partial charge on any atom is 0.341 e. The average molecular weight is 388 g/mol. The van der Waals surface area contributed by atoms with Crippen molar-refractivity contribution in [2.45, 2.75) is 26.8 Å². The Morgan fingerprint density at radius 1 is 1.37 bits per heavy atom. The standard InChI is InChI=1S/C20H24N2O4S/c1-4-25-15-8-6-7-13(18(15)23)11-21-19-17(20(24)26-5-2)14-9-10-22(3)12-16(14)27-19/h6-8,11,23H,4-5,9-10,12H2,1-3H3/b21-11+. The highest BCUT2D eigenvalue weighted by atomic mass is 32.1. The van der Waals surface area contributed by atoms with Crippen molar-refractivity contribution in [3.05, 3.63) is 39.8 Å². The number of phenolic OH excluding ortho intramolecular Hbond substituents is 1. The van der Waals surface area contributed by atoms with Gasteiger partial charge >= 0.3 is 5.97 Å². The molecule has 0 aliphatic carbocycles. The number of hydrogen-bond acceptors (Lipinski definition) is 7. The Hall–Kier alpha value is -2.38. The van der Waals surface area contributed by atoms with Crippen LogP contribution in [-0.2, 0) is 17.7 Å². The van der Waals surface area contributed by atoms with E-state index in [1.54, 1.807) is 31.3 Å². The van der Waals surface area contributed by atoms with Crippen LogP contribution in [0.4, 0.5) is 5.00 Å². The molecule has 1 aromatic carbocycles. The molecule has 0 saturated carbocycles. The van der Waals surface area contributed by atoms with Crippen LogP contribution >= 0.6 is 11.3 Å². The van der Waals surface area contributed by atoms with E-state index in [1.807, 2.05) is 6.92 Å². The Labute approximate surface area is 163 Å². The number of likely N-dealkylation sites (N-methyl/N-ethyl adjacent to an activating group) is 1. The van der Waals surface area contributed by atoms with Gasteiger partial charge in [0.1, 0.15) is 5.00 Å². The summed E-state index contributed by atoms with van der Waals surface area (Å²) >= 11 is 1.51. The van der Waals surface area contributed by atoms with Crippen LogP contribution in [0.3, 0.4) is 0 Å². The summed E-state index contributed by atoms with van der Waals surface area (Å²) in [5.74, 6) is 0.125. The summed E-state index contributed by atoms with van der Waals surface area (Å²) in [6, 6.07) is 5.26. The van der Waals surface area contributed by atoms with Gasteiger partial charge in [-0.2, -0.15) is 0 Å². The summed E-state index contributed by atoms with van der Waals surface area (Å²) in [5, 5.41) is 11.0. The Kier molecular flexibility index (Phi) is 6.13. The van der Waals surface area contributed by atoms with Crippen molar-refractivity contribution in [2.24, 2.45) is 4.99 Å². The van der Waals surface area contributed by atoms with E-state index in [9.17, 15) is 9.90 Å². The van der Waals surface area contributed by atoms with Crippen LogP contribution in [0.15, 0.2) is 23.2 Å². The lowest BCUT2D eigenvalue weighted by atomic mass is 10.0. The van der Waals surface area contributed by atoms with E-state index >= 15 is 0 Å². The van der Waals surface area contributed by atoms with Crippen molar-refractivity contribution in [1.29, 1.82) is 0 Å². The van der Waals surface area contributed by atoms with Gasteiger partial charge < -0.3 is 19.5 Å². The number of benzene rings is 1. The van der Waals surface area contributed by atoms with Crippen LogP contribution in [-0.4, -0.2) is 49.0 Å². The van der Waals surface area contributed by atoms with E-state index in [4.69, 9.17) is 9.47 Å². The summed E-state index contributed by atoms with van der Waals surface area (Å²) in [6.07, 6.45) is 2.37. The number of phenols is 1. The van der Waals surface area contributed by atoms with Gasteiger partial charge in [-0.25, -0.2) is 9.79 Å². The third-order valence-corrected chi connectivity index (χ3v) is 5.48. The highest BCUT2D eigenvalue weighted by Crippen LogP contribution is 2.39. The van der Waals surface area contributed by atoms with Crippen molar-refractivity contribution < 1.29 is 19.4 Å². The van der Waals surface area contributed by atoms with Gasteiger partial charge in [-0.15, -0.1) is 11.3 Å². The summed E-state index contributed by atoms with van der Waals surface area (Å²) < 4.78 is 10.7. The maximum absolute atomic E-state index is 12.5. The molecule has 0 fully saturated rings. The van der Waals surface area contributed by atoms with Gasteiger partial charge in [-0.3, -0.25) is 0 Å². The van der Waals surface area contributed by atoms with E-state index in [1.165, 1.54) is 11.3 Å². The lowest BCUT2D eigenvalue weighted by Gasteiger charge is -2.22. The van der Waals surface area contributed by atoms with Gasteiger partial charge in [0.2, 0.25) is 0 Å². The number of para-hydroxylation sites is 1.